The van der Waals surface area contributed by atoms with Crippen LogP contribution in [0.5, 0.6) is 0 Å². The van der Waals surface area contributed by atoms with Gasteiger partial charge in [-0.05, 0) is 26.7 Å². The van der Waals surface area contributed by atoms with Gasteiger partial charge in [0.1, 0.15) is 0 Å². The maximum atomic E-state index is 11.9. The molecule has 0 spiro atoms. The van der Waals surface area contributed by atoms with Crippen LogP contribution in [0.2, 0.25) is 0 Å². The van der Waals surface area contributed by atoms with Crippen LogP contribution in [-0.2, 0) is 4.79 Å². The zero-order chi connectivity index (χ0) is 10.8. The smallest absolute Gasteiger partial charge is 0.229 e. The van der Waals surface area contributed by atoms with Crippen molar-refractivity contribution in [2.24, 2.45) is 5.41 Å². The van der Waals surface area contributed by atoms with E-state index in [-0.39, 0.29) is 12.0 Å². The van der Waals surface area contributed by atoms with Crippen molar-refractivity contribution in [2.45, 2.75) is 32.8 Å². The Balaban J connectivity index is 2.60. The molecule has 0 saturated carbocycles. The topological polar surface area (TPSA) is 40.5 Å². The van der Waals surface area contributed by atoms with Gasteiger partial charge in [0, 0.05) is 19.0 Å². The third kappa shape index (κ3) is 2.61. The fourth-order valence-corrected chi connectivity index (χ4v) is 1.74. The number of carbonyl (C=O) groups is 1. The van der Waals surface area contributed by atoms with Crippen LogP contribution in [0.3, 0.4) is 0 Å². The summed E-state index contributed by atoms with van der Waals surface area (Å²) in [7, 11) is 0. The van der Waals surface area contributed by atoms with Crippen molar-refractivity contribution in [3.8, 4) is 0 Å². The van der Waals surface area contributed by atoms with E-state index in [2.05, 4.69) is 0 Å². The molecule has 0 bridgehead atoms. The van der Waals surface area contributed by atoms with E-state index in [1.807, 2.05) is 13.8 Å². The SMILES string of the molecule is CC(C)(CCl)C(=O)N1CCCC(O)C1. The van der Waals surface area contributed by atoms with Gasteiger partial charge in [-0.1, -0.05) is 0 Å². The molecule has 14 heavy (non-hydrogen) atoms. The molecule has 0 aromatic rings. The maximum absolute atomic E-state index is 11.9. The maximum Gasteiger partial charge on any atom is 0.229 e. The third-order valence-corrected chi connectivity index (χ3v) is 3.26. The van der Waals surface area contributed by atoms with Crippen LogP contribution >= 0.6 is 11.6 Å². The number of amides is 1. The van der Waals surface area contributed by atoms with E-state index in [4.69, 9.17) is 11.6 Å². The Bertz CT molecular complexity index is 218. The van der Waals surface area contributed by atoms with E-state index < -0.39 is 5.41 Å². The highest BCUT2D eigenvalue weighted by molar-refractivity contribution is 6.19. The normalized spacial score (nSPS) is 23.7. The molecule has 4 heteroatoms. The molecule has 82 valence electrons. The van der Waals surface area contributed by atoms with E-state index in [1.165, 1.54) is 0 Å². The second-order valence-corrected chi connectivity index (χ2v) is 4.83. The average Bonchev–Trinajstić information content (AvgIpc) is 2.16. The lowest BCUT2D eigenvalue weighted by Crippen LogP contribution is -2.48. The number of aliphatic hydroxyl groups excluding tert-OH is 1. The highest BCUT2D eigenvalue weighted by atomic mass is 35.5. The summed E-state index contributed by atoms with van der Waals surface area (Å²) in [6, 6.07) is 0. The summed E-state index contributed by atoms with van der Waals surface area (Å²) in [6.07, 6.45) is 1.31. The minimum Gasteiger partial charge on any atom is -0.391 e. The molecule has 1 N–H and O–H groups in total. The molecule has 0 aliphatic carbocycles. The van der Waals surface area contributed by atoms with Crippen molar-refractivity contribution < 1.29 is 9.90 Å². The minimum absolute atomic E-state index is 0.0475. The fraction of sp³-hybridized carbons (Fsp3) is 0.900. The molecule has 1 unspecified atom stereocenters. The molecule has 0 radical (unpaired) electrons. The number of nitrogens with zero attached hydrogens (tertiary/aromatic N) is 1. The van der Waals surface area contributed by atoms with Crippen LogP contribution in [0.1, 0.15) is 26.7 Å². The van der Waals surface area contributed by atoms with Crippen LogP contribution in [0.4, 0.5) is 0 Å². The number of alkyl halides is 1. The van der Waals surface area contributed by atoms with Crippen molar-refractivity contribution in [1.29, 1.82) is 0 Å². The molecule has 0 aromatic heterocycles. The molecular weight excluding hydrogens is 202 g/mol. The molecule has 1 saturated heterocycles. The number of likely N-dealkylation sites (tertiary alicyclic amines) is 1. The minimum atomic E-state index is -0.515. The molecule has 1 rings (SSSR count). The predicted molar refractivity (Wildman–Crippen MR) is 56.3 cm³/mol. The van der Waals surface area contributed by atoms with Gasteiger partial charge in [0.2, 0.25) is 5.91 Å². The van der Waals surface area contributed by atoms with Crippen LogP contribution in [0, 0.1) is 5.41 Å². The Kier molecular flexibility index (Phi) is 3.78. The number of hydrogen-bond donors (Lipinski definition) is 1. The number of piperidine rings is 1. The Labute approximate surface area is 90.0 Å². The molecule has 3 nitrogen and oxygen atoms in total. The molecule has 1 aliphatic heterocycles. The molecule has 1 heterocycles. The predicted octanol–water partition coefficient (Wildman–Crippen LogP) is 1.23. The van der Waals surface area contributed by atoms with Gasteiger partial charge in [0.25, 0.3) is 0 Å². The van der Waals surface area contributed by atoms with Crippen molar-refractivity contribution in [3.63, 3.8) is 0 Å². The van der Waals surface area contributed by atoms with E-state index >= 15 is 0 Å². The zero-order valence-electron chi connectivity index (χ0n) is 8.79. The van der Waals surface area contributed by atoms with Crippen molar-refractivity contribution in [2.75, 3.05) is 19.0 Å². The largest absolute Gasteiger partial charge is 0.391 e. The Morgan fingerprint density at radius 2 is 2.29 bits per heavy atom. The molecule has 1 aliphatic rings. The summed E-state index contributed by atoms with van der Waals surface area (Å²) in [5, 5.41) is 9.44. The number of hydrogen-bond acceptors (Lipinski definition) is 2. The van der Waals surface area contributed by atoms with Crippen molar-refractivity contribution in [1.82, 2.24) is 4.90 Å². The number of rotatable bonds is 2. The molecule has 1 fully saturated rings. The molecule has 1 atom stereocenters. The van der Waals surface area contributed by atoms with Crippen LogP contribution in [0.25, 0.3) is 0 Å². The average molecular weight is 220 g/mol. The summed E-state index contributed by atoms with van der Waals surface area (Å²) in [4.78, 5) is 13.6. The second-order valence-electron chi connectivity index (χ2n) is 4.56. The lowest BCUT2D eigenvalue weighted by Gasteiger charge is -2.35. The lowest BCUT2D eigenvalue weighted by molar-refractivity contribution is -0.142. The van der Waals surface area contributed by atoms with Gasteiger partial charge in [-0.15, -0.1) is 11.6 Å². The fourth-order valence-electron chi connectivity index (χ4n) is 1.62. The van der Waals surface area contributed by atoms with Gasteiger partial charge in [0.05, 0.1) is 11.5 Å². The highest BCUT2D eigenvalue weighted by Crippen LogP contribution is 2.23. The lowest BCUT2D eigenvalue weighted by atomic mass is 9.93. The monoisotopic (exact) mass is 219 g/mol. The first-order valence-corrected chi connectivity index (χ1v) is 5.54. The summed E-state index contributed by atoms with van der Waals surface area (Å²) in [5.41, 5.74) is -0.515. The standard InChI is InChI=1S/C10H18ClNO2/c1-10(2,7-11)9(14)12-5-3-4-8(13)6-12/h8,13H,3-7H2,1-2H3. The second kappa shape index (κ2) is 4.49. The van der Waals surface area contributed by atoms with Gasteiger partial charge < -0.3 is 10.0 Å². The molecule has 0 aromatic carbocycles. The number of aliphatic hydroxyl groups is 1. The van der Waals surface area contributed by atoms with Crippen LogP contribution in [0.15, 0.2) is 0 Å². The van der Waals surface area contributed by atoms with Gasteiger partial charge in [-0.3, -0.25) is 4.79 Å². The Morgan fingerprint density at radius 1 is 1.64 bits per heavy atom. The molecule has 1 amide bonds. The van der Waals surface area contributed by atoms with Crippen LogP contribution < -0.4 is 0 Å². The van der Waals surface area contributed by atoms with E-state index in [1.54, 1.807) is 4.90 Å². The number of halogens is 1. The third-order valence-electron chi connectivity index (χ3n) is 2.60. The summed E-state index contributed by atoms with van der Waals surface area (Å²) in [5.74, 6) is 0.365. The van der Waals surface area contributed by atoms with E-state index in [0.29, 0.717) is 12.4 Å². The molecular formula is C10H18ClNO2. The first-order valence-electron chi connectivity index (χ1n) is 5.01. The van der Waals surface area contributed by atoms with Crippen molar-refractivity contribution in [3.05, 3.63) is 0 Å². The Hall–Kier alpha value is -0.280. The summed E-state index contributed by atoms with van der Waals surface area (Å²) in [6.45, 7) is 4.88. The van der Waals surface area contributed by atoms with Gasteiger partial charge in [-0.2, -0.15) is 0 Å². The number of β-amino-alcohol motifs (C(OH)–C–C–N with tert-alkyl or cyclic N) is 1. The first kappa shape index (κ1) is 11.8. The quantitative estimate of drug-likeness (QED) is 0.710. The summed E-state index contributed by atoms with van der Waals surface area (Å²) < 4.78 is 0. The van der Waals surface area contributed by atoms with E-state index in [0.717, 1.165) is 19.4 Å². The van der Waals surface area contributed by atoms with Gasteiger partial charge in [0.15, 0.2) is 0 Å². The Morgan fingerprint density at radius 3 is 2.79 bits per heavy atom. The van der Waals surface area contributed by atoms with Gasteiger partial charge in [-0.25, -0.2) is 0 Å². The number of carbonyl (C=O) groups excluding carboxylic acids is 1. The first-order chi connectivity index (χ1) is 6.47. The van der Waals surface area contributed by atoms with Crippen molar-refractivity contribution >= 4 is 17.5 Å². The van der Waals surface area contributed by atoms with Gasteiger partial charge >= 0.3 is 0 Å². The highest BCUT2D eigenvalue weighted by Gasteiger charge is 2.33. The summed E-state index contributed by atoms with van der Waals surface area (Å²) >= 11 is 5.73. The van der Waals surface area contributed by atoms with E-state index in [9.17, 15) is 9.90 Å². The zero-order valence-corrected chi connectivity index (χ0v) is 9.55. The van der Waals surface area contributed by atoms with Crippen LogP contribution in [-0.4, -0.2) is 41.0 Å².